The molecule has 0 aliphatic carbocycles. The third kappa shape index (κ3) is 3.21. The van der Waals surface area contributed by atoms with Crippen molar-refractivity contribution in [3.05, 3.63) is 58.9 Å². The van der Waals surface area contributed by atoms with Gasteiger partial charge in [-0.2, -0.15) is 0 Å². The van der Waals surface area contributed by atoms with Crippen LogP contribution in [-0.4, -0.2) is 32.5 Å². The molecule has 0 atom stereocenters. The first-order valence-electron chi connectivity index (χ1n) is 9.10. The van der Waals surface area contributed by atoms with Crippen molar-refractivity contribution in [3.63, 3.8) is 0 Å². The summed E-state index contributed by atoms with van der Waals surface area (Å²) in [7, 11) is 0. The van der Waals surface area contributed by atoms with E-state index in [9.17, 15) is 9.18 Å². The lowest BCUT2D eigenvalue weighted by atomic mass is 10.0. The van der Waals surface area contributed by atoms with Gasteiger partial charge in [-0.1, -0.05) is 31.1 Å². The van der Waals surface area contributed by atoms with Gasteiger partial charge in [-0.15, -0.1) is 0 Å². The van der Waals surface area contributed by atoms with Crippen LogP contribution in [0.2, 0.25) is 0 Å². The van der Waals surface area contributed by atoms with E-state index < -0.39 is 0 Å². The Balaban J connectivity index is 1.65. The number of carbonyl (C=O) groups is 1. The fourth-order valence-electron chi connectivity index (χ4n) is 3.30. The molecule has 0 radical (unpaired) electrons. The fourth-order valence-corrected chi connectivity index (χ4v) is 3.30. The van der Waals surface area contributed by atoms with Crippen molar-refractivity contribution in [2.24, 2.45) is 0 Å². The number of aromatic nitrogens is 3. The summed E-state index contributed by atoms with van der Waals surface area (Å²) in [5, 5.41) is 4.05. The molecule has 1 amide bonds. The molecule has 4 rings (SSSR count). The summed E-state index contributed by atoms with van der Waals surface area (Å²) in [6, 6.07) is 8.05. The summed E-state index contributed by atoms with van der Waals surface area (Å²) in [4.78, 5) is 23.0. The largest absolute Gasteiger partial charge is 0.368 e. The van der Waals surface area contributed by atoms with E-state index in [4.69, 9.17) is 10.3 Å². The average Bonchev–Trinajstić information content (AvgIpc) is 3.10. The molecule has 0 fully saturated rings. The molecule has 144 valence electrons. The van der Waals surface area contributed by atoms with E-state index in [1.807, 2.05) is 13.8 Å². The van der Waals surface area contributed by atoms with Gasteiger partial charge < -0.3 is 15.2 Å². The summed E-state index contributed by atoms with van der Waals surface area (Å²) >= 11 is 0. The van der Waals surface area contributed by atoms with E-state index in [0.717, 1.165) is 5.56 Å². The summed E-state index contributed by atoms with van der Waals surface area (Å²) in [6.07, 6.45) is 0.500. The van der Waals surface area contributed by atoms with Gasteiger partial charge in [0.15, 0.2) is 0 Å². The molecule has 3 aromatic rings. The van der Waals surface area contributed by atoms with Gasteiger partial charge in [0, 0.05) is 29.8 Å². The number of halogens is 1. The van der Waals surface area contributed by atoms with Crippen LogP contribution < -0.4 is 5.73 Å². The van der Waals surface area contributed by atoms with Crippen molar-refractivity contribution in [2.45, 2.75) is 32.7 Å². The minimum absolute atomic E-state index is 0.0734. The van der Waals surface area contributed by atoms with Crippen LogP contribution in [0.4, 0.5) is 10.3 Å². The standard InChI is InChI=1S/C20H20FN5O2/c1-11(2)15-9-16(24-20(22)23-15)19(27)26-8-7-17-13(10-26)18(25-28-17)12-5-3-4-6-14(12)21/h3-6,9,11H,7-8,10H2,1-2H3,(H2,22,23,24). The molecule has 28 heavy (non-hydrogen) atoms. The molecule has 1 aliphatic rings. The summed E-state index contributed by atoms with van der Waals surface area (Å²) in [5.41, 5.74) is 8.25. The maximum atomic E-state index is 14.2. The zero-order valence-electron chi connectivity index (χ0n) is 15.6. The van der Waals surface area contributed by atoms with Crippen molar-refractivity contribution in [1.29, 1.82) is 0 Å². The number of carbonyl (C=O) groups excluding carboxylic acids is 1. The minimum Gasteiger partial charge on any atom is -0.368 e. The second-order valence-corrected chi connectivity index (χ2v) is 7.08. The summed E-state index contributed by atoms with van der Waals surface area (Å²) in [6.45, 7) is 4.67. The zero-order chi connectivity index (χ0) is 19.8. The van der Waals surface area contributed by atoms with Crippen LogP contribution in [0.5, 0.6) is 0 Å². The van der Waals surface area contributed by atoms with E-state index in [0.29, 0.717) is 35.7 Å². The number of amides is 1. The summed E-state index contributed by atoms with van der Waals surface area (Å²) in [5.74, 6) is 0.238. The first-order chi connectivity index (χ1) is 13.4. The number of nitrogens with two attached hydrogens (primary N) is 1. The van der Waals surface area contributed by atoms with Crippen molar-refractivity contribution in [1.82, 2.24) is 20.0 Å². The van der Waals surface area contributed by atoms with Gasteiger partial charge in [0.25, 0.3) is 5.91 Å². The third-order valence-electron chi connectivity index (χ3n) is 4.82. The first kappa shape index (κ1) is 18.1. The number of anilines is 1. The lowest BCUT2D eigenvalue weighted by molar-refractivity contribution is 0.0723. The number of fused-ring (bicyclic) bond motifs is 1. The maximum absolute atomic E-state index is 14.2. The lowest BCUT2D eigenvalue weighted by Crippen LogP contribution is -2.36. The SMILES string of the molecule is CC(C)c1cc(C(=O)N2CCc3onc(-c4ccccc4F)c3C2)nc(N)n1. The predicted molar refractivity (Wildman–Crippen MR) is 101 cm³/mol. The number of rotatable bonds is 3. The number of hydrogen-bond acceptors (Lipinski definition) is 6. The third-order valence-corrected chi connectivity index (χ3v) is 4.82. The predicted octanol–water partition coefficient (Wildman–Crippen LogP) is 3.17. The monoisotopic (exact) mass is 381 g/mol. The maximum Gasteiger partial charge on any atom is 0.272 e. The van der Waals surface area contributed by atoms with E-state index in [-0.39, 0.29) is 35.8 Å². The van der Waals surface area contributed by atoms with Gasteiger partial charge in [-0.25, -0.2) is 14.4 Å². The van der Waals surface area contributed by atoms with Crippen molar-refractivity contribution >= 4 is 11.9 Å². The van der Waals surface area contributed by atoms with Gasteiger partial charge in [-0.3, -0.25) is 4.79 Å². The highest BCUT2D eigenvalue weighted by molar-refractivity contribution is 5.93. The van der Waals surface area contributed by atoms with Crippen LogP contribution in [0.3, 0.4) is 0 Å². The van der Waals surface area contributed by atoms with Gasteiger partial charge in [0.2, 0.25) is 5.95 Å². The molecule has 0 unspecified atom stereocenters. The minimum atomic E-state index is -0.382. The Kier molecular flexibility index (Phi) is 4.54. The number of benzene rings is 1. The van der Waals surface area contributed by atoms with Gasteiger partial charge in [0.1, 0.15) is 23.0 Å². The van der Waals surface area contributed by atoms with Crippen LogP contribution in [0.1, 0.15) is 47.3 Å². The Morgan fingerprint density at radius 1 is 1.29 bits per heavy atom. The fraction of sp³-hybridized carbons (Fsp3) is 0.300. The summed E-state index contributed by atoms with van der Waals surface area (Å²) < 4.78 is 19.6. The van der Waals surface area contributed by atoms with Crippen LogP contribution >= 0.6 is 0 Å². The number of nitrogen functional groups attached to an aromatic ring is 1. The van der Waals surface area contributed by atoms with Gasteiger partial charge in [-0.05, 0) is 24.1 Å². The zero-order valence-corrected chi connectivity index (χ0v) is 15.6. The van der Waals surface area contributed by atoms with Crippen molar-refractivity contribution in [2.75, 3.05) is 12.3 Å². The quantitative estimate of drug-likeness (QED) is 0.748. The van der Waals surface area contributed by atoms with E-state index in [1.54, 1.807) is 29.2 Å². The molecular weight excluding hydrogens is 361 g/mol. The highest BCUT2D eigenvalue weighted by atomic mass is 19.1. The molecule has 0 saturated heterocycles. The van der Waals surface area contributed by atoms with Gasteiger partial charge in [0.05, 0.1) is 6.54 Å². The Bertz CT molecular complexity index is 1050. The van der Waals surface area contributed by atoms with Crippen LogP contribution in [0.15, 0.2) is 34.9 Å². The highest BCUT2D eigenvalue weighted by Gasteiger charge is 2.29. The van der Waals surface area contributed by atoms with Crippen molar-refractivity contribution in [3.8, 4) is 11.3 Å². The Hall–Kier alpha value is -3.29. The molecule has 0 spiro atoms. The van der Waals surface area contributed by atoms with Gasteiger partial charge >= 0.3 is 0 Å². The Labute approximate surface area is 161 Å². The molecule has 1 aromatic carbocycles. The van der Waals surface area contributed by atoms with Crippen LogP contribution in [0.25, 0.3) is 11.3 Å². The second kappa shape index (κ2) is 7.03. The molecule has 0 bridgehead atoms. The lowest BCUT2D eigenvalue weighted by Gasteiger charge is -2.26. The second-order valence-electron chi connectivity index (χ2n) is 7.08. The number of hydrogen-bond donors (Lipinski definition) is 1. The normalized spacial score (nSPS) is 13.6. The molecule has 2 N–H and O–H groups in total. The van der Waals surface area contributed by atoms with Crippen LogP contribution in [-0.2, 0) is 13.0 Å². The molecule has 3 heterocycles. The number of nitrogens with zero attached hydrogens (tertiary/aromatic N) is 4. The molecule has 0 saturated carbocycles. The Morgan fingerprint density at radius 2 is 2.07 bits per heavy atom. The molecule has 1 aliphatic heterocycles. The topological polar surface area (TPSA) is 98.1 Å². The molecule has 7 nitrogen and oxygen atoms in total. The first-order valence-corrected chi connectivity index (χ1v) is 9.10. The van der Waals surface area contributed by atoms with E-state index in [2.05, 4.69) is 15.1 Å². The Morgan fingerprint density at radius 3 is 2.82 bits per heavy atom. The highest BCUT2D eigenvalue weighted by Crippen LogP contribution is 2.32. The van der Waals surface area contributed by atoms with E-state index in [1.165, 1.54) is 6.07 Å². The van der Waals surface area contributed by atoms with Crippen LogP contribution in [0, 0.1) is 5.82 Å². The van der Waals surface area contributed by atoms with Crippen molar-refractivity contribution < 1.29 is 13.7 Å². The van der Waals surface area contributed by atoms with E-state index >= 15 is 0 Å². The average molecular weight is 381 g/mol. The smallest absolute Gasteiger partial charge is 0.272 e. The molecular formula is C20H20FN5O2. The molecule has 2 aromatic heterocycles. The molecule has 8 heteroatoms.